The molecule has 6 nitrogen and oxygen atoms in total. The summed E-state index contributed by atoms with van der Waals surface area (Å²) in [7, 11) is 0. The van der Waals surface area contributed by atoms with Crippen molar-refractivity contribution in [2.24, 2.45) is 5.73 Å². The summed E-state index contributed by atoms with van der Waals surface area (Å²) in [5, 5.41) is 6.34. The Morgan fingerprint density at radius 1 is 1.69 bits per heavy atom. The molecule has 0 aliphatic heterocycles. The van der Waals surface area contributed by atoms with Crippen LogP contribution in [-0.4, -0.2) is 21.2 Å². The monoisotopic (exact) mass is 199 g/mol. The highest BCUT2D eigenvalue weighted by atomic mass is 32.1. The van der Waals surface area contributed by atoms with Crippen LogP contribution in [0.2, 0.25) is 0 Å². The number of hydrogen-bond donors (Lipinski definition) is 4. The van der Waals surface area contributed by atoms with Crippen LogP contribution in [0.4, 0.5) is 0 Å². The Bertz CT molecular complexity index is 334. The van der Waals surface area contributed by atoms with E-state index < -0.39 is 0 Å². The van der Waals surface area contributed by atoms with Crippen LogP contribution < -0.4 is 16.6 Å². The minimum Gasteiger partial charge on any atom is -0.375 e. The van der Waals surface area contributed by atoms with E-state index in [9.17, 15) is 4.79 Å². The fourth-order valence-corrected chi connectivity index (χ4v) is 0.816. The molecule has 0 atom stereocenters. The van der Waals surface area contributed by atoms with Crippen LogP contribution in [0.25, 0.3) is 0 Å². The summed E-state index contributed by atoms with van der Waals surface area (Å²) in [5.74, 6) is -0.334. The number of hydrazine groups is 1. The molecule has 0 fully saturated rings. The number of H-pyrrole nitrogens is 1. The van der Waals surface area contributed by atoms with E-state index >= 15 is 0 Å². The number of carbonyl (C=O) groups is 1. The predicted octanol–water partition coefficient (Wildman–Crippen LogP) is -0.804. The van der Waals surface area contributed by atoms with Crippen molar-refractivity contribution in [1.29, 1.82) is 0 Å². The van der Waals surface area contributed by atoms with Crippen molar-refractivity contribution in [2.45, 2.75) is 6.92 Å². The van der Waals surface area contributed by atoms with Gasteiger partial charge >= 0.3 is 0 Å². The average molecular weight is 199 g/mol. The van der Waals surface area contributed by atoms with Crippen molar-refractivity contribution in [3.05, 3.63) is 17.5 Å². The maximum Gasteiger partial charge on any atom is 0.273 e. The molecule has 1 rings (SSSR count). The van der Waals surface area contributed by atoms with Crippen molar-refractivity contribution in [3.8, 4) is 0 Å². The Morgan fingerprint density at radius 2 is 2.38 bits per heavy atom. The van der Waals surface area contributed by atoms with Crippen LogP contribution in [0.1, 0.15) is 16.1 Å². The SMILES string of the molecule is Cc1[nH]ncc1C(=O)NNC(N)=S. The third kappa shape index (κ3) is 2.41. The third-order valence-corrected chi connectivity index (χ3v) is 1.48. The highest BCUT2D eigenvalue weighted by Gasteiger charge is 2.09. The highest BCUT2D eigenvalue weighted by Crippen LogP contribution is 2.00. The lowest BCUT2D eigenvalue weighted by molar-refractivity contribution is 0.0943. The van der Waals surface area contributed by atoms with Crippen LogP contribution in [0.3, 0.4) is 0 Å². The Balaban J connectivity index is 2.59. The van der Waals surface area contributed by atoms with Crippen molar-refractivity contribution >= 4 is 23.2 Å². The zero-order chi connectivity index (χ0) is 9.84. The minimum atomic E-state index is -0.334. The summed E-state index contributed by atoms with van der Waals surface area (Å²) in [5.41, 5.74) is 10.9. The molecular formula is C6H9N5OS. The van der Waals surface area contributed by atoms with Gasteiger partial charge in [0.25, 0.3) is 5.91 Å². The van der Waals surface area contributed by atoms with E-state index in [1.54, 1.807) is 6.92 Å². The van der Waals surface area contributed by atoms with Crippen LogP contribution in [0.15, 0.2) is 6.20 Å². The number of rotatable bonds is 1. The predicted molar refractivity (Wildman–Crippen MR) is 50.7 cm³/mol. The highest BCUT2D eigenvalue weighted by molar-refractivity contribution is 7.80. The van der Waals surface area contributed by atoms with E-state index in [0.717, 1.165) is 0 Å². The van der Waals surface area contributed by atoms with E-state index in [4.69, 9.17) is 5.73 Å². The molecule has 0 aromatic carbocycles. The number of nitrogens with one attached hydrogen (secondary N) is 3. The van der Waals surface area contributed by atoms with Gasteiger partial charge in [-0.05, 0) is 19.1 Å². The van der Waals surface area contributed by atoms with Crippen molar-refractivity contribution < 1.29 is 4.79 Å². The Labute approximate surface area is 79.9 Å². The van der Waals surface area contributed by atoms with Gasteiger partial charge < -0.3 is 5.73 Å². The van der Waals surface area contributed by atoms with Gasteiger partial charge in [-0.1, -0.05) is 0 Å². The Hall–Kier alpha value is -1.63. The summed E-state index contributed by atoms with van der Waals surface area (Å²) in [6, 6.07) is 0. The van der Waals surface area contributed by atoms with Crippen molar-refractivity contribution in [3.63, 3.8) is 0 Å². The lowest BCUT2D eigenvalue weighted by Crippen LogP contribution is -2.44. The number of nitrogens with zero attached hydrogens (tertiary/aromatic N) is 1. The quantitative estimate of drug-likeness (QED) is 0.350. The number of carbonyl (C=O) groups excluding carboxylic acids is 1. The van der Waals surface area contributed by atoms with E-state index in [1.165, 1.54) is 6.20 Å². The number of aromatic nitrogens is 2. The lowest BCUT2D eigenvalue weighted by Gasteiger charge is -2.04. The smallest absolute Gasteiger partial charge is 0.273 e. The van der Waals surface area contributed by atoms with E-state index in [2.05, 4.69) is 33.3 Å². The van der Waals surface area contributed by atoms with Gasteiger partial charge in [0.2, 0.25) is 0 Å². The van der Waals surface area contributed by atoms with Gasteiger partial charge in [-0.2, -0.15) is 5.10 Å². The molecule has 1 amide bonds. The fourth-order valence-electron chi connectivity index (χ4n) is 0.765. The molecule has 1 aromatic heterocycles. The molecule has 0 saturated heterocycles. The first-order valence-corrected chi connectivity index (χ1v) is 3.88. The van der Waals surface area contributed by atoms with Crippen LogP contribution in [0.5, 0.6) is 0 Å². The number of aromatic amines is 1. The van der Waals surface area contributed by atoms with Gasteiger partial charge in [-0.25, -0.2) is 0 Å². The first kappa shape index (κ1) is 9.46. The number of amides is 1. The molecule has 1 heterocycles. The van der Waals surface area contributed by atoms with Gasteiger partial charge in [0, 0.05) is 5.69 Å². The minimum absolute atomic E-state index is 0.00879. The van der Waals surface area contributed by atoms with E-state index in [1.807, 2.05) is 0 Å². The normalized spacial score (nSPS) is 9.31. The topological polar surface area (TPSA) is 95.8 Å². The molecule has 0 aliphatic rings. The number of aryl methyl sites for hydroxylation is 1. The Morgan fingerprint density at radius 3 is 2.85 bits per heavy atom. The van der Waals surface area contributed by atoms with Gasteiger partial charge in [0.15, 0.2) is 5.11 Å². The lowest BCUT2D eigenvalue weighted by atomic mass is 10.2. The fraction of sp³-hybridized carbons (Fsp3) is 0.167. The molecule has 0 unspecified atom stereocenters. The number of thiocarbonyl (C=S) groups is 1. The molecule has 5 N–H and O–H groups in total. The van der Waals surface area contributed by atoms with Crippen LogP contribution in [0, 0.1) is 6.92 Å². The zero-order valence-corrected chi connectivity index (χ0v) is 7.73. The van der Waals surface area contributed by atoms with Gasteiger partial charge in [0.1, 0.15) is 0 Å². The maximum atomic E-state index is 11.3. The van der Waals surface area contributed by atoms with Gasteiger partial charge in [-0.3, -0.25) is 20.7 Å². The van der Waals surface area contributed by atoms with Crippen LogP contribution >= 0.6 is 12.2 Å². The number of hydrogen-bond acceptors (Lipinski definition) is 3. The molecule has 0 spiro atoms. The summed E-state index contributed by atoms with van der Waals surface area (Å²) >= 11 is 4.50. The van der Waals surface area contributed by atoms with Gasteiger partial charge in [0.05, 0.1) is 11.8 Å². The molecule has 70 valence electrons. The standard InChI is InChI=1S/C6H9N5OS/c1-3-4(2-8-9-3)5(12)10-11-6(7)13/h2H,1H3,(H,8,9)(H,10,12)(H3,7,11,13). The second-order valence-electron chi connectivity index (χ2n) is 2.35. The first-order chi connectivity index (χ1) is 6.11. The molecule has 13 heavy (non-hydrogen) atoms. The van der Waals surface area contributed by atoms with Crippen LogP contribution in [-0.2, 0) is 0 Å². The summed E-state index contributed by atoms with van der Waals surface area (Å²) in [4.78, 5) is 11.3. The molecule has 1 aromatic rings. The van der Waals surface area contributed by atoms with E-state index in [-0.39, 0.29) is 11.0 Å². The molecule has 0 radical (unpaired) electrons. The third-order valence-electron chi connectivity index (χ3n) is 1.37. The zero-order valence-electron chi connectivity index (χ0n) is 6.92. The summed E-state index contributed by atoms with van der Waals surface area (Å²) in [6.07, 6.45) is 1.42. The molecule has 0 saturated carbocycles. The molecule has 7 heteroatoms. The van der Waals surface area contributed by atoms with Gasteiger partial charge in [-0.15, -0.1) is 0 Å². The summed E-state index contributed by atoms with van der Waals surface area (Å²) in [6.45, 7) is 1.74. The maximum absolute atomic E-state index is 11.3. The van der Waals surface area contributed by atoms with Crippen molar-refractivity contribution in [2.75, 3.05) is 0 Å². The average Bonchev–Trinajstić information content (AvgIpc) is 2.47. The van der Waals surface area contributed by atoms with E-state index in [0.29, 0.717) is 11.3 Å². The largest absolute Gasteiger partial charge is 0.375 e. The molecule has 0 bridgehead atoms. The Kier molecular flexibility index (Phi) is 2.80. The second kappa shape index (κ2) is 3.85. The van der Waals surface area contributed by atoms with Crippen molar-refractivity contribution in [1.82, 2.24) is 21.0 Å². The first-order valence-electron chi connectivity index (χ1n) is 3.47. The second-order valence-corrected chi connectivity index (χ2v) is 2.79. The number of nitrogens with two attached hydrogens (primary N) is 1. The molecular weight excluding hydrogens is 190 g/mol. The molecule has 0 aliphatic carbocycles. The summed E-state index contributed by atoms with van der Waals surface area (Å²) < 4.78 is 0.